The second-order valence-corrected chi connectivity index (χ2v) is 12.3. The Bertz CT molecular complexity index is 2650. The standard InChI is InChI=1S/C43H28N4/c1-2-14-32-31(13-1)33-15-3-4-17-35(33)37-23-22-30(26-38(37)36-18-6-5-16-34(32)36)46-39-19-7-8-20-40(39)47-41-21-9-12-29(42(41)45-43(46)47)25-28-11-10-24-44-27-28/h1-24,26-27H,25H2. The van der Waals surface area contributed by atoms with E-state index in [9.17, 15) is 0 Å². The fourth-order valence-electron chi connectivity index (χ4n) is 7.59. The van der Waals surface area contributed by atoms with Crippen LogP contribution < -0.4 is 0 Å². The Morgan fingerprint density at radius 1 is 0.468 bits per heavy atom. The second-order valence-electron chi connectivity index (χ2n) is 12.3. The molecule has 10 rings (SSSR count). The fourth-order valence-corrected chi connectivity index (χ4v) is 7.59. The van der Waals surface area contributed by atoms with Crippen LogP contribution in [-0.2, 0) is 6.42 Å². The molecule has 0 amide bonds. The Kier molecular flexibility index (Phi) is 5.60. The molecular formula is C43H28N4. The van der Waals surface area contributed by atoms with Crippen molar-refractivity contribution < 1.29 is 0 Å². The van der Waals surface area contributed by atoms with E-state index in [4.69, 9.17) is 4.98 Å². The van der Waals surface area contributed by atoms with Crippen molar-refractivity contribution in [1.82, 2.24) is 18.9 Å². The van der Waals surface area contributed by atoms with E-state index < -0.39 is 0 Å². The highest BCUT2D eigenvalue weighted by molar-refractivity contribution is 6.03. The van der Waals surface area contributed by atoms with Gasteiger partial charge in [0.2, 0.25) is 5.78 Å². The van der Waals surface area contributed by atoms with E-state index in [1.807, 2.05) is 18.5 Å². The summed E-state index contributed by atoms with van der Waals surface area (Å²) in [6.07, 6.45) is 4.54. The molecule has 0 bridgehead atoms. The Morgan fingerprint density at radius 2 is 1.04 bits per heavy atom. The van der Waals surface area contributed by atoms with Gasteiger partial charge in [0.15, 0.2) is 0 Å². The number of aromatic nitrogens is 4. The van der Waals surface area contributed by atoms with Crippen LogP contribution in [-0.4, -0.2) is 18.9 Å². The lowest BCUT2D eigenvalue weighted by molar-refractivity contribution is 1.11. The fraction of sp³-hybridized carbons (Fsp3) is 0.0233. The molecular weight excluding hydrogens is 573 g/mol. The van der Waals surface area contributed by atoms with Gasteiger partial charge >= 0.3 is 0 Å². The minimum Gasteiger partial charge on any atom is -0.278 e. The third-order valence-electron chi connectivity index (χ3n) is 9.64. The van der Waals surface area contributed by atoms with Gasteiger partial charge < -0.3 is 0 Å². The molecule has 0 radical (unpaired) electrons. The van der Waals surface area contributed by atoms with Crippen LogP contribution in [0.15, 0.2) is 158 Å². The molecule has 0 saturated carbocycles. The number of para-hydroxylation sites is 3. The molecule has 1 aliphatic rings. The van der Waals surface area contributed by atoms with Crippen molar-refractivity contribution in [1.29, 1.82) is 0 Å². The monoisotopic (exact) mass is 600 g/mol. The van der Waals surface area contributed by atoms with Gasteiger partial charge in [-0.2, -0.15) is 0 Å². The third-order valence-corrected chi connectivity index (χ3v) is 9.64. The highest BCUT2D eigenvalue weighted by atomic mass is 15.2. The Morgan fingerprint density at radius 3 is 1.68 bits per heavy atom. The smallest absolute Gasteiger partial charge is 0.220 e. The number of hydrogen-bond acceptors (Lipinski definition) is 2. The van der Waals surface area contributed by atoms with Crippen LogP contribution in [0.5, 0.6) is 0 Å². The molecule has 0 atom stereocenters. The number of pyridine rings is 1. The average molecular weight is 601 g/mol. The lowest BCUT2D eigenvalue weighted by Crippen LogP contribution is -2.00. The number of benzene rings is 6. The summed E-state index contributed by atoms with van der Waals surface area (Å²) in [6, 6.07) is 52.6. The molecule has 3 heterocycles. The summed E-state index contributed by atoms with van der Waals surface area (Å²) in [4.78, 5) is 9.73. The predicted octanol–water partition coefficient (Wildman–Crippen LogP) is 10.4. The molecule has 4 nitrogen and oxygen atoms in total. The molecule has 0 unspecified atom stereocenters. The van der Waals surface area contributed by atoms with Crippen LogP contribution in [0, 0.1) is 0 Å². The maximum atomic E-state index is 5.39. The first kappa shape index (κ1) is 26.0. The van der Waals surface area contributed by atoms with Gasteiger partial charge in [0.25, 0.3) is 0 Å². The Labute approximate surface area is 271 Å². The lowest BCUT2D eigenvalue weighted by Gasteiger charge is -2.23. The van der Waals surface area contributed by atoms with Crippen molar-refractivity contribution in [2.24, 2.45) is 0 Å². The quantitative estimate of drug-likeness (QED) is 0.202. The van der Waals surface area contributed by atoms with Crippen LogP contribution in [0.25, 0.3) is 78.0 Å². The average Bonchev–Trinajstić information content (AvgIpc) is 3.67. The van der Waals surface area contributed by atoms with Crippen LogP contribution in [0.3, 0.4) is 0 Å². The Hall–Kier alpha value is -6.26. The molecule has 4 heteroatoms. The number of fused-ring (bicyclic) bond motifs is 13. The maximum absolute atomic E-state index is 5.39. The van der Waals surface area contributed by atoms with Crippen molar-refractivity contribution >= 4 is 27.8 Å². The first-order valence-electron chi connectivity index (χ1n) is 16.0. The number of nitrogens with zero attached hydrogens (tertiary/aromatic N) is 4. The van der Waals surface area contributed by atoms with Gasteiger partial charge in [0, 0.05) is 24.5 Å². The summed E-state index contributed by atoms with van der Waals surface area (Å²) < 4.78 is 4.64. The molecule has 0 aliphatic heterocycles. The predicted molar refractivity (Wildman–Crippen MR) is 192 cm³/mol. The summed E-state index contributed by atoms with van der Waals surface area (Å²) >= 11 is 0. The topological polar surface area (TPSA) is 35.1 Å². The van der Waals surface area contributed by atoms with E-state index in [1.165, 1.54) is 55.6 Å². The van der Waals surface area contributed by atoms with Crippen molar-refractivity contribution in [2.75, 3.05) is 0 Å². The Balaban J connectivity index is 1.26. The van der Waals surface area contributed by atoms with Crippen molar-refractivity contribution in [3.05, 3.63) is 169 Å². The first-order valence-corrected chi connectivity index (χ1v) is 16.0. The van der Waals surface area contributed by atoms with Gasteiger partial charge in [-0.25, -0.2) is 4.98 Å². The molecule has 9 aromatic rings. The zero-order chi connectivity index (χ0) is 30.9. The highest BCUT2D eigenvalue weighted by Gasteiger charge is 2.24. The molecule has 6 aromatic carbocycles. The van der Waals surface area contributed by atoms with E-state index >= 15 is 0 Å². The van der Waals surface area contributed by atoms with Crippen molar-refractivity contribution in [3.8, 4) is 50.2 Å². The number of hydrogen-bond donors (Lipinski definition) is 0. The van der Waals surface area contributed by atoms with Gasteiger partial charge in [0.05, 0.1) is 22.1 Å². The summed E-state index contributed by atoms with van der Waals surface area (Å²) in [5, 5.41) is 0. The molecule has 220 valence electrons. The second kappa shape index (κ2) is 10.1. The van der Waals surface area contributed by atoms with Crippen LogP contribution in [0.1, 0.15) is 11.1 Å². The molecule has 0 spiro atoms. The molecule has 0 saturated heterocycles. The van der Waals surface area contributed by atoms with Crippen LogP contribution in [0.4, 0.5) is 0 Å². The van der Waals surface area contributed by atoms with E-state index in [0.29, 0.717) is 0 Å². The normalized spacial score (nSPS) is 11.9. The number of imidazole rings is 2. The lowest BCUT2D eigenvalue weighted by atomic mass is 9.81. The summed E-state index contributed by atoms with van der Waals surface area (Å²) in [7, 11) is 0. The molecule has 0 N–H and O–H groups in total. The van der Waals surface area contributed by atoms with Gasteiger partial charge in [-0.05, 0) is 92.0 Å². The van der Waals surface area contributed by atoms with E-state index in [0.717, 1.165) is 40.0 Å². The van der Waals surface area contributed by atoms with E-state index in [1.54, 1.807) is 0 Å². The SMILES string of the molecule is c1cncc(Cc2cccc3c2nc2n(-c4ccc5c(c4)-c4ccccc4-c4ccccc4-c4ccccc4-5)c4ccccc4n32)c1. The first-order chi connectivity index (χ1) is 23.3. The van der Waals surface area contributed by atoms with Crippen molar-refractivity contribution in [2.45, 2.75) is 6.42 Å². The molecule has 3 aromatic heterocycles. The summed E-state index contributed by atoms with van der Waals surface area (Å²) in [5.74, 6) is 0.907. The maximum Gasteiger partial charge on any atom is 0.220 e. The largest absolute Gasteiger partial charge is 0.278 e. The van der Waals surface area contributed by atoms with Crippen LogP contribution >= 0.6 is 0 Å². The molecule has 1 aliphatic carbocycles. The van der Waals surface area contributed by atoms with Gasteiger partial charge in [-0.15, -0.1) is 0 Å². The van der Waals surface area contributed by atoms with Gasteiger partial charge in [-0.1, -0.05) is 109 Å². The van der Waals surface area contributed by atoms with Crippen molar-refractivity contribution in [3.63, 3.8) is 0 Å². The van der Waals surface area contributed by atoms with E-state index in [2.05, 4.69) is 153 Å². The van der Waals surface area contributed by atoms with Crippen LogP contribution in [0.2, 0.25) is 0 Å². The van der Waals surface area contributed by atoms with Gasteiger partial charge in [-0.3, -0.25) is 14.0 Å². The van der Waals surface area contributed by atoms with Gasteiger partial charge in [0.1, 0.15) is 0 Å². The minimum atomic E-state index is 0.778. The van der Waals surface area contributed by atoms with E-state index in [-0.39, 0.29) is 0 Å². The minimum absolute atomic E-state index is 0.778. The zero-order valence-electron chi connectivity index (χ0n) is 25.5. The third kappa shape index (κ3) is 3.88. The molecule has 0 fully saturated rings. The summed E-state index contributed by atoms with van der Waals surface area (Å²) in [5.41, 5.74) is 17.7. The highest BCUT2D eigenvalue weighted by Crippen LogP contribution is 2.48. The summed E-state index contributed by atoms with van der Waals surface area (Å²) in [6.45, 7) is 0. The zero-order valence-corrected chi connectivity index (χ0v) is 25.5. The molecule has 47 heavy (non-hydrogen) atoms. The number of rotatable bonds is 3.